The lowest BCUT2D eigenvalue weighted by Gasteiger charge is -2.27. The number of anilines is 3. The van der Waals surface area contributed by atoms with Gasteiger partial charge in [0.2, 0.25) is 0 Å². The zero-order valence-corrected chi connectivity index (χ0v) is 31.1. The summed E-state index contributed by atoms with van der Waals surface area (Å²) >= 11 is 0. The average Bonchev–Trinajstić information content (AvgIpc) is 3.54. The van der Waals surface area contributed by atoms with Crippen LogP contribution in [0.2, 0.25) is 0 Å². The topological polar surface area (TPSA) is 17.4 Å². The summed E-state index contributed by atoms with van der Waals surface area (Å²) in [5.41, 5.74) is 16.0. The molecule has 0 unspecified atom stereocenters. The lowest BCUT2D eigenvalue weighted by atomic mass is 9.93. The van der Waals surface area contributed by atoms with E-state index in [0.717, 1.165) is 56.5 Å². The third-order valence-electron chi connectivity index (χ3n) is 11.2. The molecule has 1 aliphatic rings. The van der Waals surface area contributed by atoms with E-state index in [1.807, 2.05) is 12.1 Å². The van der Waals surface area contributed by atoms with Gasteiger partial charge in [-0.05, 0) is 112 Å². The van der Waals surface area contributed by atoms with E-state index >= 15 is 0 Å². The van der Waals surface area contributed by atoms with E-state index in [0.29, 0.717) is 0 Å². The summed E-state index contributed by atoms with van der Waals surface area (Å²) in [6.07, 6.45) is 0. The molecule has 1 aliphatic heterocycles. The van der Waals surface area contributed by atoms with Crippen molar-refractivity contribution in [3.05, 3.63) is 218 Å². The van der Waals surface area contributed by atoms with Gasteiger partial charge in [-0.2, -0.15) is 0 Å². The zero-order valence-electron chi connectivity index (χ0n) is 31.1. The Morgan fingerprint density at radius 1 is 0.316 bits per heavy atom. The molecular formula is C54H36N2O. The fourth-order valence-corrected chi connectivity index (χ4v) is 8.50. The number of aromatic nitrogens is 1. The van der Waals surface area contributed by atoms with Crippen LogP contribution >= 0.6 is 0 Å². The largest absolute Gasteiger partial charge is 0.456 e. The van der Waals surface area contributed by atoms with E-state index in [2.05, 4.69) is 216 Å². The second-order valence-electron chi connectivity index (χ2n) is 14.5. The summed E-state index contributed by atoms with van der Waals surface area (Å²) in [5.74, 6) is 1.72. The Morgan fingerprint density at radius 2 is 0.825 bits per heavy atom. The SMILES string of the molecule is c1ccc(-c2ccc(N(c3ccc(-c4ccc5c(c4)c4ccccc4n5-c4ccccc4)cc3)c3ccc4c(c3)-c3ccccc3Oc3ccccc3-4)cc2)cc1. The fraction of sp³-hybridized carbons (Fsp3) is 0. The van der Waals surface area contributed by atoms with Gasteiger partial charge in [-0.3, -0.25) is 0 Å². The second-order valence-corrected chi connectivity index (χ2v) is 14.5. The minimum absolute atomic E-state index is 0.854. The number of hydrogen-bond donors (Lipinski definition) is 0. The summed E-state index contributed by atoms with van der Waals surface area (Å²) in [6.45, 7) is 0. The van der Waals surface area contributed by atoms with Crippen LogP contribution in [0.25, 0.3) is 72.0 Å². The van der Waals surface area contributed by atoms with Gasteiger partial charge < -0.3 is 14.2 Å². The first-order valence-corrected chi connectivity index (χ1v) is 19.4. The standard InChI is InChI=1S/C54H36N2O/c1-3-13-37(14-4-1)38-23-28-42(29-24-38)55(44-32-33-45-47-18-8-11-21-53(47)57-54-22-12-9-19-48(54)49(45)36-44)43-30-25-39(26-31-43)40-27-34-52-50(35-40)46-17-7-10-20-51(46)56(52)41-15-5-2-6-16-41/h1-36H. The Labute approximate surface area is 331 Å². The number of ether oxygens (including phenoxy) is 1. The molecule has 3 nitrogen and oxygen atoms in total. The van der Waals surface area contributed by atoms with Crippen molar-refractivity contribution in [2.45, 2.75) is 0 Å². The molecule has 0 aliphatic carbocycles. The molecule has 57 heavy (non-hydrogen) atoms. The smallest absolute Gasteiger partial charge is 0.135 e. The number of hydrogen-bond acceptors (Lipinski definition) is 2. The van der Waals surface area contributed by atoms with Gasteiger partial charge in [-0.15, -0.1) is 0 Å². The van der Waals surface area contributed by atoms with Crippen molar-refractivity contribution in [1.82, 2.24) is 4.57 Å². The molecule has 1 aromatic heterocycles. The second kappa shape index (κ2) is 13.6. The van der Waals surface area contributed by atoms with Crippen molar-refractivity contribution in [2.75, 3.05) is 4.90 Å². The molecule has 0 saturated heterocycles. The molecule has 0 N–H and O–H groups in total. The summed E-state index contributed by atoms with van der Waals surface area (Å²) < 4.78 is 8.89. The third kappa shape index (κ3) is 5.68. The van der Waals surface area contributed by atoms with Crippen LogP contribution in [0.15, 0.2) is 218 Å². The molecule has 268 valence electrons. The van der Waals surface area contributed by atoms with Gasteiger partial charge in [0.05, 0.1) is 11.0 Å². The summed E-state index contributed by atoms with van der Waals surface area (Å²) in [6, 6.07) is 78.1. The number of para-hydroxylation sites is 4. The molecule has 11 rings (SSSR count). The normalized spacial score (nSPS) is 11.6. The number of rotatable bonds is 6. The Hall–Kier alpha value is -7.62. The molecule has 0 amide bonds. The van der Waals surface area contributed by atoms with Gasteiger partial charge >= 0.3 is 0 Å². The maximum Gasteiger partial charge on any atom is 0.135 e. The Morgan fingerprint density at radius 3 is 1.53 bits per heavy atom. The Kier molecular flexibility index (Phi) is 7.82. The van der Waals surface area contributed by atoms with E-state index in [1.54, 1.807) is 0 Å². The van der Waals surface area contributed by atoms with Gasteiger partial charge in [-0.1, -0.05) is 140 Å². The lowest BCUT2D eigenvalue weighted by molar-refractivity contribution is 0.488. The highest BCUT2D eigenvalue weighted by Crippen LogP contribution is 2.49. The van der Waals surface area contributed by atoms with Crippen LogP contribution in [0.3, 0.4) is 0 Å². The van der Waals surface area contributed by atoms with Crippen molar-refractivity contribution >= 4 is 38.9 Å². The highest BCUT2D eigenvalue weighted by Gasteiger charge is 2.23. The van der Waals surface area contributed by atoms with Crippen LogP contribution in [0.5, 0.6) is 11.5 Å². The van der Waals surface area contributed by atoms with Crippen LogP contribution in [0.4, 0.5) is 17.1 Å². The zero-order chi connectivity index (χ0) is 37.7. The van der Waals surface area contributed by atoms with E-state index in [4.69, 9.17) is 4.74 Å². The molecular weight excluding hydrogens is 693 g/mol. The molecule has 0 saturated carbocycles. The Balaban J connectivity index is 1.03. The fourth-order valence-electron chi connectivity index (χ4n) is 8.50. The average molecular weight is 729 g/mol. The maximum atomic E-state index is 6.52. The number of fused-ring (bicyclic) bond motifs is 8. The molecule has 9 aromatic carbocycles. The highest BCUT2D eigenvalue weighted by molar-refractivity contribution is 6.10. The number of nitrogens with zero attached hydrogens (tertiary/aromatic N) is 2. The van der Waals surface area contributed by atoms with Crippen LogP contribution < -0.4 is 9.64 Å². The predicted molar refractivity (Wildman–Crippen MR) is 237 cm³/mol. The third-order valence-corrected chi connectivity index (χ3v) is 11.2. The minimum atomic E-state index is 0.854. The van der Waals surface area contributed by atoms with Crippen molar-refractivity contribution in [3.63, 3.8) is 0 Å². The summed E-state index contributed by atoms with van der Waals surface area (Å²) in [5, 5.41) is 2.49. The van der Waals surface area contributed by atoms with Crippen LogP contribution in [0, 0.1) is 0 Å². The van der Waals surface area contributed by atoms with Gasteiger partial charge in [0, 0.05) is 44.6 Å². The monoisotopic (exact) mass is 728 g/mol. The first-order chi connectivity index (χ1) is 28.3. The minimum Gasteiger partial charge on any atom is -0.456 e. The summed E-state index contributed by atoms with van der Waals surface area (Å²) in [4.78, 5) is 2.36. The van der Waals surface area contributed by atoms with Crippen LogP contribution in [-0.4, -0.2) is 4.57 Å². The van der Waals surface area contributed by atoms with E-state index in [1.165, 1.54) is 44.1 Å². The summed E-state index contributed by atoms with van der Waals surface area (Å²) in [7, 11) is 0. The molecule has 0 radical (unpaired) electrons. The lowest BCUT2D eigenvalue weighted by Crippen LogP contribution is -2.10. The first-order valence-electron chi connectivity index (χ1n) is 19.4. The van der Waals surface area contributed by atoms with Gasteiger partial charge in [0.1, 0.15) is 11.5 Å². The number of benzene rings is 9. The van der Waals surface area contributed by atoms with Crippen molar-refractivity contribution in [1.29, 1.82) is 0 Å². The van der Waals surface area contributed by atoms with Gasteiger partial charge in [0.25, 0.3) is 0 Å². The van der Waals surface area contributed by atoms with Gasteiger partial charge in [-0.25, -0.2) is 0 Å². The van der Waals surface area contributed by atoms with Gasteiger partial charge in [0.15, 0.2) is 0 Å². The molecule has 0 atom stereocenters. The maximum absolute atomic E-state index is 6.52. The molecule has 0 fully saturated rings. The quantitative estimate of drug-likeness (QED) is 0.170. The van der Waals surface area contributed by atoms with Crippen molar-refractivity contribution < 1.29 is 4.74 Å². The van der Waals surface area contributed by atoms with E-state index in [9.17, 15) is 0 Å². The van der Waals surface area contributed by atoms with Crippen molar-refractivity contribution in [2.24, 2.45) is 0 Å². The molecule has 10 aromatic rings. The molecule has 0 spiro atoms. The van der Waals surface area contributed by atoms with E-state index in [-0.39, 0.29) is 0 Å². The predicted octanol–water partition coefficient (Wildman–Crippen LogP) is 15.0. The Bertz CT molecular complexity index is 3070. The van der Waals surface area contributed by atoms with Crippen LogP contribution in [-0.2, 0) is 0 Å². The first kappa shape index (κ1) is 32.8. The molecule has 0 bridgehead atoms. The van der Waals surface area contributed by atoms with E-state index < -0.39 is 0 Å². The molecule has 2 heterocycles. The highest BCUT2D eigenvalue weighted by atomic mass is 16.5. The van der Waals surface area contributed by atoms with Crippen LogP contribution in [0.1, 0.15) is 0 Å². The van der Waals surface area contributed by atoms with Crippen molar-refractivity contribution in [3.8, 4) is 61.7 Å². The molecule has 3 heteroatoms.